The highest BCUT2D eigenvalue weighted by Crippen LogP contribution is 1.92. The molecule has 0 unspecified atom stereocenters. The summed E-state index contributed by atoms with van der Waals surface area (Å²) in [6.45, 7) is 4.58. The van der Waals surface area contributed by atoms with Gasteiger partial charge in [-0.15, -0.1) is 0 Å². The summed E-state index contributed by atoms with van der Waals surface area (Å²) in [7, 11) is 0. The third-order valence-electron chi connectivity index (χ3n) is 1.90. The molecule has 0 spiro atoms. The molecule has 1 aromatic carbocycles. The molecule has 1 saturated heterocycles. The zero-order valence-electron chi connectivity index (χ0n) is 7.72. The largest absolute Gasteiger partial charge is 0.317 e. The van der Waals surface area contributed by atoms with Crippen LogP contribution >= 0.6 is 0 Å². The Morgan fingerprint density at radius 2 is 1.58 bits per heavy atom. The van der Waals surface area contributed by atoms with Gasteiger partial charge in [0, 0.05) is 0 Å². The molecule has 1 heteroatoms. The van der Waals surface area contributed by atoms with Crippen LogP contribution in [-0.2, 0) is 0 Å². The average molecular weight is 163 g/mol. The van der Waals surface area contributed by atoms with E-state index in [0.717, 1.165) is 0 Å². The second-order valence-corrected chi connectivity index (χ2v) is 3.11. The summed E-state index contributed by atoms with van der Waals surface area (Å²) in [5, 5.41) is 3.22. The van der Waals surface area contributed by atoms with E-state index < -0.39 is 0 Å². The topological polar surface area (TPSA) is 12.0 Å². The van der Waals surface area contributed by atoms with Gasteiger partial charge in [-0.1, -0.05) is 35.9 Å². The minimum Gasteiger partial charge on any atom is -0.317 e. The number of aryl methyl sites for hydroxylation is 1. The van der Waals surface area contributed by atoms with E-state index >= 15 is 0 Å². The van der Waals surface area contributed by atoms with Crippen LogP contribution in [0.1, 0.15) is 18.4 Å². The van der Waals surface area contributed by atoms with E-state index in [2.05, 4.69) is 24.4 Å². The maximum absolute atomic E-state index is 3.22. The third kappa shape index (κ3) is 4.14. The fourth-order valence-corrected chi connectivity index (χ4v) is 1.16. The van der Waals surface area contributed by atoms with Crippen LogP contribution in [0.4, 0.5) is 0 Å². The van der Waals surface area contributed by atoms with Crippen molar-refractivity contribution < 1.29 is 0 Å². The van der Waals surface area contributed by atoms with Crippen LogP contribution in [0.25, 0.3) is 0 Å². The quantitative estimate of drug-likeness (QED) is 0.619. The Hall–Kier alpha value is -0.820. The molecule has 0 radical (unpaired) electrons. The molecule has 1 N–H and O–H groups in total. The lowest BCUT2D eigenvalue weighted by Crippen LogP contribution is -2.03. The SMILES string of the molecule is C1CCNC1.Cc1ccccc1. The lowest BCUT2D eigenvalue weighted by molar-refractivity contribution is 0.857. The van der Waals surface area contributed by atoms with Crippen LogP contribution in [0, 0.1) is 6.92 Å². The second kappa shape index (κ2) is 5.78. The fraction of sp³-hybridized carbons (Fsp3) is 0.455. The molecule has 0 aromatic heterocycles. The van der Waals surface area contributed by atoms with Gasteiger partial charge in [-0.2, -0.15) is 0 Å². The predicted molar refractivity (Wildman–Crippen MR) is 53.3 cm³/mol. The van der Waals surface area contributed by atoms with E-state index in [0.29, 0.717) is 0 Å². The number of nitrogens with one attached hydrogen (secondary N) is 1. The van der Waals surface area contributed by atoms with Gasteiger partial charge in [0.05, 0.1) is 0 Å². The molecule has 0 amide bonds. The summed E-state index contributed by atoms with van der Waals surface area (Å²) in [6, 6.07) is 10.3. The number of benzene rings is 1. The van der Waals surface area contributed by atoms with E-state index in [4.69, 9.17) is 0 Å². The lowest BCUT2D eigenvalue weighted by Gasteiger charge is -1.82. The van der Waals surface area contributed by atoms with Crippen LogP contribution in [0.3, 0.4) is 0 Å². The molecule has 1 heterocycles. The maximum Gasteiger partial charge on any atom is -0.00484 e. The maximum atomic E-state index is 3.22. The summed E-state index contributed by atoms with van der Waals surface area (Å²) in [6.07, 6.45) is 2.78. The monoisotopic (exact) mass is 163 g/mol. The van der Waals surface area contributed by atoms with Gasteiger partial charge in [-0.05, 0) is 32.9 Å². The van der Waals surface area contributed by atoms with Crippen molar-refractivity contribution in [2.75, 3.05) is 13.1 Å². The van der Waals surface area contributed by atoms with Crippen LogP contribution in [0.5, 0.6) is 0 Å². The minimum atomic E-state index is 1.25. The molecule has 0 aliphatic carbocycles. The fourth-order valence-electron chi connectivity index (χ4n) is 1.16. The zero-order valence-corrected chi connectivity index (χ0v) is 7.72. The molecule has 1 aliphatic heterocycles. The second-order valence-electron chi connectivity index (χ2n) is 3.11. The van der Waals surface area contributed by atoms with Gasteiger partial charge in [0.1, 0.15) is 0 Å². The molecule has 1 fully saturated rings. The van der Waals surface area contributed by atoms with Gasteiger partial charge >= 0.3 is 0 Å². The van der Waals surface area contributed by atoms with Crippen LogP contribution in [0.2, 0.25) is 0 Å². The Labute approximate surface area is 74.8 Å². The van der Waals surface area contributed by atoms with E-state index in [1.807, 2.05) is 18.2 Å². The van der Waals surface area contributed by atoms with Crippen molar-refractivity contribution in [3.05, 3.63) is 35.9 Å². The van der Waals surface area contributed by atoms with Gasteiger partial charge < -0.3 is 5.32 Å². The Morgan fingerprint density at radius 3 is 1.83 bits per heavy atom. The Kier molecular flexibility index (Phi) is 4.47. The molecule has 1 aromatic rings. The van der Waals surface area contributed by atoms with Crippen molar-refractivity contribution in [2.24, 2.45) is 0 Å². The first-order valence-corrected chi connectivity index (χ1v) is 4.62. The standard InChI is InChI=1S/C7H8.C4H9N/c1-7-5-3-2-4-6-7;1-2-4-5-3-1/h2-6H,1H3;5H,1-4H2. The third-order valence-corrected chi connectivity index (χ3v) is 1.90. The van der Waals surface area contributed by atoms with Crippen LogP contribution in [0.15, 0.2) is 30.3 Å². The van der Waals surface area contributed by atoms with Crippen molar-refractivity contribution in [3.8, 4) is 0 Å². The Morgan fingerprint density at radius 1 is 1.00 bits per heavy atom. The molecule has 66 valence electrons. The molecule has 0 saturated carbocycles. The first kappa shape index (κ1) is 9.27. The lowest BCUT2D eigenvalue weighted by atomic mass is 10.2. The number of hydrogen-bond donors (Lipinski definition) is 1. The van der Waals surface area contributed by atoms with E-state index in [-0.39, 0.29) is 0 Å². The first-order chi connectivity index (χ1) is 5.89. The molecule has 12 heavy (non-hydrogen) atoms. The summed E-state index contributed by atoms with van der Waals surface area (Å²) in [4.78, 5) is 0. The molecular formula is C11H17N. The van der Waals surface area contributed by atoms with Gasteiger partial charge in [-0.25, -0.2) is 0 Å². The Balaban J connectivity index is 0.000000127. The zero-order chi connectivity index (χ0) is 8.65. The molecule has 1 nitrogen and oxygen atoms in total. The van der Waals surface area contributed by atoms with Crippen molar-refractivity contribution in [2.45, 2.75) is 19.8 Å². The summed E-state index contributed by atoms with van der Waals surface area (Å²) in [5.41, 5.74) is 1.32. The van der Waals surface area contributed by atoms with Gasteiger partial charge in [0.25, 0.3) is 0 Å². The van der Waals surface area contributed by atoms with Crippen molar-refractivity contribution >= 4 is 0 Å². The van der Waals surface area contributed by atoms with Gasteiger partial charge in [-0.3, -0.25) is 0 Å². The van der Waals surface area contributed by atoms with E-state index in [1.54, 1.807) is 0 Å². The molecule has 0 atom stereocenters. The van der Waals surface area contributed by atoms with Crippen LogP contribution < -0.4 is 5.32 Å². The normalized spacial score (nSPS) is 15.1. The van der Waals surface area contributed by atoms with Gasteiger partial charge in [0.2, 0.25) is 0 Å². The summed E-state index contributed by atoms with van der Waals surface area (Å²) >= 11 is 0. The predicted octanol–water partition coefficient (Wildman–Crippen LogP) is 2.36. The number of hydrogen-bond acceptors (Lipinski definition) is 1. The summed E-state index contributed by atoms with van der Waals surface area (Å²) < 4.78 is 0. The van der Waals surface area contributed by atoms with Crippen molar-refractivity contribution in [3.63, 3.8) is 0 Å². The highest BCUT2D eigenvalue weighted by atomic mass is 14.9. The van der Waals surface area contributed by atoms with Crippen molar-refractivity contribution in [1.29, 1.82) is 0 Å². The van der Waals surface area contributed by atoms with E-state index in [9.17, 15) is 0 Å². The molecule has 1 aliphatic rings. The highest BCUT2D eigenvalue weighted by molar-refractivity contribution is 5.11. The minimum absolute atomic E-state index is 1.25. The Bertz CT molecular complexity index is 182. The highest BCUT2D eigenvalue weighted by Gasteiger charge is 1.93. The smallest absolute Gasteiger partial charge is 0.00484 e. The number of rotatable bonds is 0. The summed E-state index contributed by atoms with van der Waals surface area (Å²) in [5.74, 6) is 0. The van der Waals surface area contributed by atoms with Crippen LogP contribution in [-0.4, -0.2) is 13.1 Å². The van der Waals surface area contributed by atoms with E-state index in [1.165, 1.54) is 31.5 Å². The van der Waals surface area contributed by atoms with Crippen molar-refractivity contribution in [1.82, 2.24) is 5.32 Å². The molecule has 0 bridgehead atoms. The molecular weight excluding hydrogens is 146 g/mol. The molecule has 2 rings (SSSR count). The first-order valence-electron chi connectivity index (χ1n) is 4.62. The average Bonchev–Trinajstić information content (AvgIpc) is 2.62. The van der Waals surface area contributed by atoms with Gasteiger partial charge in [0.15, 0.2) is 0 Å².